The first-order valence-corrected chi connectivity index (χ1v) is 16.0. The molecule has 2 amide bonds. The van der Waals surface area contributed by atoms with Crippen LogP contribution in [0.5, 0.6) is 5.75 Å². The first-order valence-electron chi connectivity index (χ1n) is 14.1. The number of anilines is 2. The normalized spacial score (nSPS) is 14.4. The maximum absolute atomic E-state index is 14.4. The average Bonchev–Trinajstić information content (AvgIpc) is 2.95. The van der Waals surface area contributed by atoms with Crippen LogP contribution >= 0.6 is 0 Å². The van der Waals surface area contributed by atoms with Crippen molar-refractivity contribution in [3.63, 3.8) is 0 Å². The number of hydrogen-bond donors (Lipinski definition) is 2. The van der Waals surface area contributed by atoms with Gasteiger partial charge in [-0.15, -0.1) is 0 Å². The van der Waals surface area contributed by atoms with Crippen molar-refractivity contribution in [1.82, 2.24) is 10.2 Å². The fourth-order valence-corrected chi connectivity index (χ4v) is 5.40. The number of benzene rings is 3. The third-order valence-electron chi connectivity index (χ3n) is 7.09. The Morgan fingerprint density at radius 1 is 1.00 bits per heavy atom. The zero-order valence-corrected chi connectivity index (χ0v) is 24.8. The molecule has 0 unspecified atom stereocenters. The number of carbonyl (C=O) groups excluding carboxylic acids is 1. The topological polar surface area (TPSA) is 91.0 Å². The number of rotatable bonds is 12. The number of piperidine rings is 1. The highest BCUT2D eigenvalue weighted by Gasteiger charge is 2.25. The monoisotopic (exact) mass is 600 g/mol. The number of urea groups is 1. The van der Waals surface area contributed by atoms with Crippen molar-refractivity contribution in [3.05, 3.63) is 89.5 Å². The molecule has 0 aliphatic carbocycles. The zero-order valence-electron chi connectivity index (χ0n) is 24.0. The van der Waals surface area contributed by atoms with Crippen LogP contribution in [-0.2, 0) is 23.2 Å². The minimum absolute atomic E-state index is 0.0200. The molecule has 42 heavy (non-hydrogen) atoms. The molecule has 0 radical (unpaired) electrons. The van der Waals surface area contributed by atoms with Crippen LogP contribution < -0.4 is 19.7 Å². The lowest BCUT2D eigenvalue weighted by molar-refractivity contribution is 0.188. The Kier molecular flexibility index (Phi) is 10.8. The van der Waals surface area contributed by atoms with Gasteiger partial charge < -0.3 is 10.1 Å². The fraction of sp³-hybridized carbons (Fsp3) is 0.387. The van der Waals surface area contributed by atoms with E-state index in [1.807, 2.05) is 43.3 Å². The molecular formula is C31H38F2N4O4S. The summed E-state index contributed by atoms with van der Waals surface area (Å²) in [5, 5.41) is 3.05. The van der Waals surface area contributed by atoms with Gasteiger partial charge in [0, 0.05) is 44.0 Å². The number of sulfonamides is 1. The van der Waals surface area contributed by atoms with Gasteiger partial charge in [0.15, 0.2) is 0 Å². The van der Waals surface area contributed by atoms with E-state index in [-0.39, 0.29) is 17.8 Å². The molecule has 8 nitrogen and oxygen atoms in total. The number of halogens is 2. The largest absolute Gasteiger partial charge is 0.489 e. The Morgan fingerprint density at radius 2 is 1.67 bits per heavy atom. The van der Waals surface area contributed by atoms with E-state index in [1.54, 1.807) is 12.1 Å². The summed E-state index contributed by atoms with van der Waals surface area (Å²) in [4.78, 5) is 16.8. The Labute approximate surface area is 246 Å². The van der Waals surface area contributed by atoms with Crippen LogP contribution in [0.25, 0.3) is 0 Å². The third-order valence-corrected chi connectivity index (χ3v) is 7.69. The molecule has 1 aliphatic rings. The second-order valence-electron chi connectivity index (χ2n) is 10.6. The Hall–Kier alpha value is -3.70. The van der Waals surface area contributed by atoms with Crippen molar-refractivity contribution in [2.24, 2.45) is 0 Å². The molecule has 1 aliphatic heterocycles. The molecule has 226 valence electrons. The van der Waals surface area contributed by atoms with Crippen LogP contribution in [0.2, 0.25) is 0 Å². The standard InChI is InChI=1S/C31H38F2N4O4S/c1-3-4-17-37(30-14-9-25(32)20-29(30)33)31(38)34-26-15-18-36(19-16-26)21-23-7-12-28(13-8-23)41-22-24-5-10-27(11-6-24)35-42(2,39)40/h5-14,20,26,35H,3-4,15-19,21-22H2,1-2H3,(H,34,38). The van der Waals surface area contributed by atoms with Crippen molar-refractivity contribution in [2.45, 2.75) is 51.8 Å². The van der Waals surface area contributed by atoms with Crippen molar-refractivity contribution in [3.8, 4) is 5.75 Å². The lowest BCUT2D eigenvalue weighted by Crippen LogP contribution is -2.49. The van der Waals surface area contributed by atoms with Crippen molar-refractivity contribution >= 4 is 27.4 Å². The molecule has 0 saturated carbocycles. The summed E-state index contributed by atoms with van der Waals surface area (Å²) in [6.45, 7) is 5.12. The molecule has 0 atom stereocenters. The predicted molar refractivity (Wildman–Crippen MR) is 161 cm³/mol. The summed E-state index contributed by atoms with van der Waals surface area (Å²) in [6.07, 6.45) is 4.22. The molecule has 0 aromatic heterocycles. The SMILES string of the molecule is CCCCN(C(=O)NC1CCN(Cc2ccc(OCc3ccc(NS(C)(=O)=O)cc3)cc2)CC1)c1ccc(F)cc1F. The summed E-state index contributed by atoms with van der Waals surface area (Å²) >= 11 is 0. The van der Waals surface area contributed by atoms with E-state index < -0.39 is 21.7 Å². The lowest BCUT2D eigenvalue weighted by atomic mass is 10.0. The van der Waals surface area contributed by atoms with E-state index >= 15 is 0 Å². The highest BCUT2D eigenvalue weighted by molar-refractivity contribution is 7.92. The molecule has 3 aromatic rings. The van der Waals surface area contributed by atoms with Gasteiger partial charge in [0.25, 0.3) is 0 Å². The van der Waals surface area contributed by atoms with E-state index in [2.05, 4.69) is 14.9 Å². The first-order chi connectivity index (χ1) is 20.1. The number of amides is 2. The van der Waals surface area contributed by atoms with Crippen LogP contribution in [0.4, 0.5) is 25.0 Å². The average molecular weight is 601 g/mol. The number of ether oxygens (including phenoxy) is 1. The predicted octanol–water partition coefficient (Wildman–Crippen LogP) is 5.90. The number of carbonyl (C=O) groups is 1. The van der Waals surface area contributed by atoms with Crippen LogP contribution in [0.15, 0.2) is 66.7 Å². The summed E-state index contributed by atoms with van der Waals surface area (Å²) < 4.78 is 58.8. The Bertz CT molecular complexity index is 1430. The first kappa shape index (κ1) is 31.2. The number of nitrogens with one attached hydrogen (secondary N) is 2. The minimum atomic E-state index is -3.31. The molecule has 1 saturated heterocycles. The van der Waals surface area contributed by atoms with Crippen LogP contribution in [0, 0.1) is 11.6 Å². The number of likely N-dealkylation sites (tertiary alicyclic amines) is 1. The van der Waals surface area contributed by atoms with Gasteiger partial charge in [-0.25, -0.2) is 22.0 Å². The van der Waals surface area contributed by atoms with Gasteiger partial charge in [-0.1, -0.05) is 37.6 Å². The highest BCUT2D eigenvalue weighted by Crippen LogP contribution is 2.23. The molecule has 4 rings (SSSR count). The van der Waals surface area contributed by atoms with Crippen molar-refractivity contribution in [2.75, 3.05) is 35.5 Å². The van der Waals surface area contributed by atoms with Gasteiger partial charge in [-0.05, 0) is 66.8 Å². The van der Waals surface area contributed by atoms with Crippen molar-refractivity contribution < 1.29 is 26.7 Å². The van der Waals surface area contributed by atoms with Crippen LogP contribution in [0.3, 0.4) is 0 Å². The smallest absolute Gasteiger partial charge is 0.322 e. The molecule has 0 spiro atoms. The van der Waals surface area contributed by atoms with Crippen LogP contribution in [-0.4, -0.2) is 51.3 Å². The van der Waals surface area contributed by atoms with Gasteiger partial charge in [0.1, 0.15) is 24.0 Å². The second kappa shape index (κ2) is 14.5. The van der Waals surface area contributed by atoms with E-state index in [4.69, 9.17) is 4.74 Å². The molecule has 11 heteroatoms. The number of nitrogens with zero attached hydrogens (tertiary/aromatic N) is 2. The molecule has 1 fully saturated rings. The third kappa shape index (κ3) is 9.42. The number of hydrogen-bond acceptors (Lipinski definition) is 5. The summed E-state index contributed by atoms with van der Waals surface area (Å²) in [5.74, 6) is -0.676. The van der Waals surface area contributed by atoms with Gasteiger partial charge in [-0.2, -0.15) is 0 Å². The van der Waals surface area contributed by atoms with Crippen molar-refractivity contribution in [1.29, 1.82) is 0 Å². The summed E-state index contributed by atoms with van der Waals surface area (Å²) in [6, 6.07) is 17.9. The maximum atomic E-state index is 14.4. The van der Waals surface area contributed by atoms with E-state index in [9.17, 15) is 22.0 Å². The van der Waals surface area contributed by atoms with Gasteiger partial charge in [-0.3, -0.25) is 14.5 Å². The summed E-state index contributed by atoms with van der Waals surface area (Å²) in [7, 11) is -3.31. The minimum Gasteiger partial charge on any atom is -0.489 e. The summed E-state index contributed by atoms with van der Waals surface area (Å²) in [5.41, 5.74) is 2.67. The molecule has 3 aromatic carbocycles. The number of unbranched alkanes of at least 4 members (excludes halogenated alkanes) is 1. The van der Waals surface area contributed by atoms with Gasteiger partial charge in [0.2, 0.25) is 10.0 Å². The maximum Gasteiger partial charge on any atom is 0.322 e. The lowest BCUT2D eigenvalue weighted by Gasteiger charge is -2.34. The zero-order chi connectivity index (χ0) is 30.1. The fourth-order valence-electron chi connectivity index (χ4n) is 4.83. The van der Waals surface area contributed by atoms with E-state index in [0.717, 1.165) is 68.1 Å². The molecule has 1 heterocycles. The molecular weight excluding hydrogens is 562 g/mol. The quantitative estimate of drug-likeness (QED) is 0.270. The van der Waals surface area contributed by atoms with Gasteiger partial charge in [0.05, 0.1) is 11.9 Å². The Balaban J connectivity index is 1.22. The van der Waals surface area contributed by atoms with Crippen LogP contribution in [0.1, 0.15) is 43.7 Å². The molecule has 2 N–H and O–H groups in total. The highest BCUT2D eigenvalue weighted by atomic mass is 32.2. The van der Waals surface area contributed by atoms with E-state index in [0.29, 0.717) is 25.3 Å². The van der Waals surface area contributed by atoms with E-state index in [1.165, 1.54) is 17.0 Å². The Morgan fingerprint density at radius 3 is 2.29 bits per heavy atom. The molecule has 0 bridgehead atoms. The van der Waals surface area contributed by atoms with Gasteiger partial charge >= 0.3 is 6.03 Å². The second-order valence-corrected chi connectivity index (χ2v) is 12.4.